The third-order valence-electron chi connectivity index (χ3n) is 4.36. The van der Waals surface area contributed by atoms with Crippen molar-refractivity contribution in [3.8, 4) is 18.2 Å². The Labute approximate surface area is 182 Å². The fraction of sp³-hybridized carbons (Fsp3) is 0.160. The number of benzene rings is 1. The van der Waals surface area contributed by atoms with Crippen molar-refractivity contribution in [3.05, 3.63) is 81.6 Å². The van der Waals surface area contributed by atoms with Crippen LogP contribution < -0.4 is 4.90 Å². The minimum Gasteiger partial charge on any atom is -0.372 e. The summed E-state index contributed by atoms with van der Waals surface area (Å²) < 4.78 is 0. The first-order valence-corrected chi connectivity index (χ1v) is 10.4. The molecule has 0 fully saturated rings. The molecule has 2 aromatic rings. The van der Waals surface area contributed by atoms with E-state index in [1.807, 2.05) is 42.5 Å². The Bertz CT molecular complexity index is 1070. The highest BCUT2D eigenvalue weighted by molar-refractivity contribution is 7.14. The zero-order valence-corrected chi connectivity index (χ0v) is 17.9. The van der Waals surface area contributed by atoms with E-state index in [1.54, 1.807) is 18.2 Å². The average molecular weight is 411 g/mol. The molecule has 0 atom stereocenters. The normalized spacial score (nSPS) is 10.8. The molecule has 1 aromatic carbocycles. The number of hydrogen-bond donors (Lipinski definition) is 0. The summed E-state index contributed by atoms with van der Waals surface area (Å²) in [5.74, 6) is 0. The van der Waals surface area contributed by atoms with Crippen LogP contribution in [-0.4, -0.2) is 13.1 Å². The van der Waals surface area contributed by atoms with Crippen LogP contribution in [0, 0.1) is 34.0 Å². The summed E-state index contributed by atoms with van der Waals surface area (Å²) in [6.07, 6.45) is 11.7. The largest absolute Gasteiger partial charge is 0.372 e. The second-order valence-electron chi connectivity index (χ2n) is 6.15. The fourth-order valence-corrected chi connectivity index (χ4v) is 3.70. The first-order valence-electron chi connectivity index (χ1n) is 9.58. The molecule has 0 aliphatic heterocycles. The predicted octanol–water partition coefficient (Wildman–Crippen LogP) is 6.20. The van der Waals surface area contributed by atoms with Crippen molar-refractivity contribution in [2.45, 2.75) is 13.8 Å². The second-order valence-corrected chi connectivity index (χ2v) is 7.27. The number of allylic oxidation sites excluding steroid dienone is 6. The molecule has 30 heavy (non-hydrogen) atoms. The van der Waals surface area contributed by atoms with Gasteiger partial charge in [-0.3, -0.25) is 0 Å². The zero-order valence-electron chi connectivity index (χ0n) is 17.0. The van der Waals surface area contributed by atoms with Gasteiger partial charge in [-0.15, -0.1) is 11.3 Å². The molecule has 148 valence electrons. The number of rotatable bonds is 8. The van der Waals surface area contributed by atoms with Gasteiger partial charge in [0.15, 0.2) is 0 Å². The van der Waals surface area contributed by atoms with Crippen molar-refractivity contribution in [3.63, 3.8) is 0 Å². The Morgan fingerprint density at radius 2 is 1.47 bits per heavy atom. The highest BCUT2D eigenvalue weighted by Crippen LogP contribution is 2.27. The summed E-state index contributed by atoms with van der Waals surface area (Å²) in [5, 5.41) is 27.1. The van der Waals surface area contributed by atoms with Gasteiger partial charge in [0.2, 0.25) is 0 Å². The van der Waals surface area contributed by atoms with E-state index in [4.69, 9.17) is 10.5 Å². The van der Waals surface area contributed by atoms with Crippen molar-refractivity contribution in [1.29, 1.82) is 15.8 Å². The van der Waals surface area contributed by atoms with E-state index in [2.05, 4.69) is 49.1 Å². The van der Waals surface area contributed by atoms with Gasteiger partial charge in [-0.05, 0) is 49.8 Å². The number of anilines is 1. The van der Waals surface area contributed by atoms with Crippen molar-refractivity contribution in [2.24, 2.45) is 0 Å². The lowest BCUT2D eigenvalue weighted by molar-refractivity contribution is 0.866. The molecule has 0 saturated carbocycles. The van der Waals surface area contributed by atoms with Gasteiger partial charge < -0.3 is 4.90 Å². The molecule has 1 heterocycles. The molecule has 0 saturated heterocycles. The summed E-state index contributed by atoms with van der Waals surface area (Å²) in [6.45, 7) is 6.31. The molecule has 4 nitrogen and oxygen atoms in total. The molecule has 2 rings (SSSR count). The maximum atomic E-state index is 9.21. The third-order valence-corrected chi connectivity index (χ3v) is 5.43. The highest BCUT2D eigenvalue weighted by Gasteiger charge is 2.10. The summed E-state index contributed by atoms with van der Waals surface area (Å²) in [6, 6.07) is 17.6. The minimum atomic E-state index is -0.162. The molecule has 0 unspecified atom stereocenters. The molecule has 0 aliphatic carbocycles. The van der Waals surface area contributed by atoms with E-state index in [1.165, 1.54) is 17.0 Å². The average Bonchev–Trinajstić information content (AvgIpc) is 3.24. The van der Waals surface area contributed by atoms with E-state index in [0.29, 0.717) is 4.88 Å². The molecular formula is C25H22N4S. The topological polar surface area (TPSA) is 74.6 Å². The van der Waals surface area contributed by atoms with Gasteiger partial charge in [0.1, 0.15) is 23.8 Å². The van der Waals surface area contributed by atoms with Crippen LogP contribution in [0.4, 0.5) is 5.69 Å². The van der Waals surface area contributed by atoms with Gasteiger partial charge in [0.05, 0.1) is 5.57 Å². The second kappa shape index (κ2) is 11.9. The Morgan fingerprint density at radius 3 is 2.03 bits per heavy atom. The van der Waals surface area contributed by atoms with Crippen LogP contribution in [0.3, 0.4) is 0 Å². The van der Waals surface area contributed by atoms with Crippen LogP contribution >= 0.6 is 11.3 Å². The number of nitrogens with zero attached hydrogens (tertiary/aromatic N) is 4. The lowest BCUT2D eigenvalue weighted by Gasteiger charge is -2.20. The third kappa shape index (κ3) is 6.08. The maximum absolute atomic E-state index is 9.21. The molecule has 0 bridgehead atoms. The first kappa shape index (κ1) is 22.4. The summed E-state index contributed by atoms with van der Waals surface area (Å²) in [7, 11) is 0. The van der Waals surface area contributed by atoms with Gasteiger partial charge in [-0.25, -0.2) is 0 Å². The van der Waals surface area contributed by atoms with Gasteiger partial charge in [0, 0.05) is 28.5 Å². The zero-order chi connectivity index (χ0) is 21.8. The van der Waals surface area contributed by atoms with E-state index in [9.17, 15) is 5.26 Å². The van der Waals surface area contributed by atoms with Gasteiger partial charge in [-0.1, -0.05) is 42.5 Å². The van der Waals surface area contributed by atoms with Crippen LogP contribution in [0.15, 0.2) is 66.3 Å². The van der Waals surface area contributed by atoms with Crippen LogP contribution in [0.2, 0.25) is 0 Å². The van der Waals surface area contributed by atoms with Crippen molar-refractivity contribution in [1.82, 2.24) is 0 Å². The maximum Gasteiger partial charge on any atom is 0.148 e. The van der Waals surface area contributed by atoms with E-state index in [0.717, 1.165) is 23.5 Å². The molecule has 0 spiro atoms. The number of thiophene rings is 1. The Balaban J connectivity index is 1.98. The van der Waals surface area contributed by atoms with E-state index in [-0.39, 0.29) is 11.1 Å². The molecular weight excluding hydrogens is 388 g/mol. The first-order chi connectivity index (χ1) is 14.7. The van der Waals surface area contributed by atoms with Crippen molar-refractivity contribution >= 4 is 34.7 Å². The molecule has 0 N–H and O–H groups in total. The Morgan fingerprint density at radius 1 is 0.833 bits per heavy atom. The quantitative estimate of drug-likeness (QED) is 0.383. The highest BCUT2D eigenvalue weighted by atomic mass is 32.1. The monoisotopic (exact) mass is 410 g/mol. The number of nitriles is 3. The van der Waals surface area contributed by atoms with Crippen LogP contribution in [-0.2, 0) is 0 Å². The minimum absolute atomic E-state index is 0.120. The Hall–Kier alpha value is -3.85. The standard InChI is InChI=1S/C25H22N4S/c1-3-29(4-2)22-13-11-20(12-14-22)9-7-5-6-8-10-23-15-16-25(30-23)24(19-28)21(17-26)18-27/h5-16H,3-4H2,1-2H3/b6-5+,9-7+,10-8+. The van der Waals surface area contributed by atoms with Crippen molar-refractivity contribution in [2.75, 3.05) is 18.0 Å². The molecule has 0 radical (unpaired) electrons. The lowest BCUT2D eigenvalue weighted by Crippen LogP contribution is -2.21. The van der Waals surface area contributed by atoms with Gasteiger partial charge >= 0.3 is 0 Å². The SMILES string of the molecule is CCN(CC)c1ccc(/C=C/C=C/C=C/c2ccc(C(C#N)=C(C#N)C#N)s2)cc1. The van der Waals surface area contributed by atoms with Gasteiger partial charge in [-0.2, -0.15) is 15.8 Å². The molecule has 1 aromatic heterocycles. The smallest absolute Gasteiger partial charge is 0.148 e. The van der Waals surface area contributed by atoms with Crippen LogP contribution in [0.1, 0.15) is 29.2 Å². The summed E-state index contributed by atoms with van der Waals surface area (Å²) >= 11 is 1.37. The Kier molecular flexibility index (Phi) is 8.88. The fourth-order valence-electron chi connectivity index (χ4n) is 2.78. The van der Waals surface area contributed by atoms with Gasteiger partial charge in [0.25, 0.3) is 0 Å². The van der Waals surface area contributed by atoms with Crippen LogP contribution in [0.5, 0.6) is 0 Å². The number of hydrogen-bond acceptors (Lipinski definition) is 5. The van der Waals surface area contributed by atoms with E-state index < -0.39 is 0 Å². The van der Waals surface area contributed by atoms with E-state index >= 15 is 0 Å². The lowest BCUT2D eigenvalue weighted by atomic mass is 10.1. The summed E-state index contributed by atoms with van der Waals surface area (Å²) in [5.41, 5.74) is 2.33. The van der Waals surface area contributed by atoms with Crippen LogP contribution in [0.25, 0.3) is 17.7 Å². The molecule has 5 heteroatoms. The predicted molar refractivity (Wildman–Crippen MR) is 125 cm³/mol. The molecule has 0 amide bonds. The van der Waals surface area contributed by atoms with Crippen molar-refractivity contribution < 1.29 is 0 Å². The summed E-state index contributed by atoms with van der Waals surface area (Å²) in [4.78, 5) is 3.87. The molecule has 0 aliphatic rings.